The van der Waals surface area contributed by atoms with E-state index in [1.54, 1.807) is 23.6 Å². The van der Waals surface area contributed by atoms with Crippen LogP contribution in [0.25, 0.3) is 11.1 Å². The van der Waals surface area contributed by atoms with E-state index in [4.69, 9.17) is 8.85 Å². The number of anilines is 2. The second-order valence-electron chi connectivity index (χ2n) is 16.0. The van der Waals surface area contributed by atoms with Gasteiger partial charge in [0.15, 0.2) is 16.6 Å². The van der Waals surface area contributed by atoms with Crippen LogP contribution < -0.4 is 21.3 Å². The Labute approximate surface area is 321 Å². The molecule has 14 heteroatoms. The summed E-state index contributed by atoms with van der Waals surface area (Å²) >= 11 is 0. The minimum absolute atomic E-state index is 0.101. The Bertz CT molecular complexity index is 1820. The maximum atomic E-state index is 14.0. The average Bonchev–Trinajstić information content (AvgIpc) is 3.66. The SMILES string of the molecule is CC[Si](CC)(CC)O[C@@H]1C[C@H]2C(=O)N[C@@H](C)C(=O)N2CNc2ccc(-c3ccc4c(c3)[C@@H]3C[C@H]5C(=O)N[C@@H](C)C(=O)N5[C@@]3(O[Si](CC)(CC)CC)N4)cc21. The number of carbonyl (C=O) groups is 4. The van der Waals surface area contributed by atoms with Gasteiger partial charge >= 0.3 is 0 Å². The van der Waals surface area contributed by atoms with Crippen LogP contribution in [-0.4, -0.2) is 86.7 Å². The topological polar surface area (TPSA) is 141 Å². The third-order valence-corrected chi connectivity index (χ3v) is 22.8. The smallest absolute Gasteiger partial charge is 0.249 e. The van der Waals surface area contributed by atoms with Crippen molar-refractivity contribution < 1.29 is 28.0 Å². The number of carbonyl (C=O) groups excluding carboxylic acids is 4. The lowest BCUT2D eigenvalue weighted by atomic mass is 9.90. The second-order valence-corrected chi connectivity index (χ2v) is 25.4. The van der Waals surface area contributed by atoms with Crippen molar-refractivity contribution in [2.75, 3.05) is 17.3 Å². The van der Waals surface area contributed by atoms with Crippen LogP contribution in [0, 0.1) is 0 Å². The number of hydrogen-bond donors (Lipinski definition) is 4. The summed E-state index contributed by atoms with van der Waals surface area (Å²) in [6.07, 6.45) is 0.439. The third-order valence-electron chi connectivity index (χ3n) is 13.5. The molecule has 2 aromatic carbocycles. The summed E-state index contributed by atoms with van der Waals surface area (Å²) in [6.45, 7) is 16.9. The van der Waals surface area contributed by atoms with Gasteiger partial charge in [0.2, 0.25) is 29.5 Å². The molecule has 0 aromatic heterocycles. The largest absolute Gasteiger partial charge is 0.410 e. The molecule has 2 aromatic rings. The first-order valence-electron chi connectivity index (χ1n) is 20.2. The zero-order valence-corrected chi connectivity index (χ0v) is 35.1. The maximum absolute atomic E-state index is 14.0. The molecule has 0 unspecified atom stereocenters. The van der Waals surface area contributed by atoms with E-state index in [0.29, 0.717) is 12.8 Å². The number of benzene rings is 2. The molecular weight excluding hydrogens is 717 g/mol. The lowest BCUT2D eigenvalue weighted by Crippen LogP contribution is -2.69. The van der Waals surface area contributed by atoms with Gasteiger partial charge in [-0.1, -0.05) is 53.7 Å². The van der Waals surface area contributed by atoms with Crippen LogP contribution in [0.4, 0.5) is 11.4 Å². The van der Waals surface area contributed by atoms with Crippen LogP contribution in [0.5, 0.6) is 0 Å². The molecule has 54 heavy (non-hydrogen) atoms. The number of rotatable bonds is 11. The van der Waals surface area contributed by atoms with Gasteiger partial charge in [-0.2, -0.15) is 0 Å². The molecule has 0 radical (unpaired) electrons. The van der Waals surface area contributed by atoms with Crippen LogP contribution in [0.1, 0.15) is 91.4 Å². The molecule has 12 nitrogen and oxygen atoms in total. The molecule has 4 amide bonds. The van der Waals surface area contributed by atoms with Gasteiger partial charge in [-0.25, -0.2) is 0 Å². The molecule has 0 spiro atoms. The Hall–Kier alpha value is -3.73. The molecule has 7 atom stereocenters. The number of nitrogens with one attached hydrogen (secondary N) is 4. The molecule has 5 aliphatic rings. The van der Waals surface area contributed by atoms with E-state index in [9.17, 15) is 19.2 Å². The van der Waals surface area contributed by atoms with Gasteiger partial charge in [0.05, 0.1) is 18.7 Å². The summed E-state index contributed by atoms with van der Waals surface area (Å²) in [4.78, 5) is 57.6. The fourth-order valence-electron chi connectivity index (χ4n) is 9.69. The van der Waals surface area contributed by atoms with E-state index < -0.39 is 52.8 Å². The van der Waals surface area contributed by atoms with Crippen LogP contribution in [0.2, 0.25) is 36.3 Å². The summed E-state index contributed by atoms with van der Waals surface area (Å²) in [5.74, 6) is -1.88. The minimum atomic E-state index is -2.29. The van der Waals surface area contributed by atoms with Crippen molar-refractivity contribution in [1.29, 1.82) is 0 Å². The first kappa shape index (κ1) is 38.5. The quantitative estimate of drug-likeness (QED) is 0.198. The highest BCUT2D eigenvalue weighted by Crippen LogP contribution is 2.56. The molecule has 3 saturated heterocycles. The fourth-order valence-corrected chi connectivity index (χ4v) is 15.4. The molecule has 0 bridgehead atoms. The number of hydrogen-bond acceptors (Lipinski definition) is 8. The Morgan fingerprint density at radius 2 is 1.26 bits per heavy atom. The molecule has 0 saturated carbocycles. The second kappa shape index (κ2) is 14.4. The van der Waals surface area contributed by atoms with Gasteiger partial charge in [0, 0.05) is 23.4 Å². The molecule has 4 N–H and O–H groups in total. The Morgan fingerprint density at radius 3 is 1.87 bits per heavy atom. The highest BCUT2D eigenvalue weighted by atomic mass is 28.4. The van der Waals surface area contributed by atoms with Gasteiger partial charge in [0.1, 0.15) is 24.2 Å². The van der Waals surface area contributed by atoms with Crippen molar-refractivity contribution in [2.45, 2.75) is 147 Å². The normalized spacial score (nSPS) is 29.1. The molecule has 5 aliphatic heterocycles. The lowest BCUT2D eigenvalue weighted by Gasteiger charge is -2.48. The van der Waals surface area contributed by atoms with Crippen LogP contribution in [-0.2, 0) is 28.0 Å². The maximum Gasteiger partial charge on any atom is 0.249 e. The molecule has 3 fully saturated rings. The zero-order chi connectivity index (χ0) is 38.7. The average molecular weight is 775 g/mol. The van der Waals surface area contributed by atoms with Crippen LogP contribution in [0.3, 0.4) is 0 Å². The summed E-state index contributed by atoms with van der Waals surface area (Å²) in [6, 6.07) is 15.8. The van der Waals surface area contributed by atoms with Crippen molar-refractivity contribution in [2.24, 2.45) is 0 Å². The van der Waals surface area contributed by atoms with E-state index in [2.05, 4.69) is 99.2 Å². The van der Waals surface area contributed by atoms with Crippen molar-refractivity contribution >= 4 is 51.6 Å². The number of amides is 4. The van der Waals surface area contributed by atoms with Gasteiger partial charge in [0.25, 0.3) is 0 Å². The highest BCUT2D eigenvalue weighted by Gasteiger charge is 2.66. The predicted molar refractivity (Wildman–Crippen MR) is 214 cm³/mol. The van der Waals surface area contributed by atoms with E-state index >= 15 is 0 Å². The van der Waals surface area contributed by atoms with Gasteiger partial charge in [-0.15, -0.1) is 0 Å². The van der Waals surface area contributed by atoms with Crippen LogP contribution in [0.15, 0.2) is 36.4 Å². The zero-order valence-electron chi connectivity index (χ0n) is 33.1. The summed E-state index contributed by atoms with van der Waals surface area (Å²) in [7, 11) is -4.45. The molecule has 5 heterocycles. The third kappa shape index (κ3) is 6.07. The van der Waals surface area contributed by atoms with Crippen molar-refractivity contribution in [3.63, 3.8) is 0 Å². The predicted octanol–water partition coefficient (Wildman–Crippen LogP) is 6.21. The first-order chi connectivity index (χ1) is 25.8. The number of nitrogens with zero attached hydrogens (tertiary/aromatic N) is 2. The fraction of sp³-hybridized carbons (Fsp3) is 0.600. The van der Waals surface area contributed by atoms with Gasteiger partial charge in [-0.05, 0) is 97.5 Å². The van der Waals surface area contributed by atoms with Gasteiger partial charge < -0.3 is 35.0 Å². The van der Waals surface area contributed by atoms with Crippen molar-refractivity contribution in [3.8, 4) is 11.1 Å². The molecule has 0 aliphatic carbocycles. The summed E-state index contributed by atoms with van der Waals surface area (Å²) in [5, 5.41) is 13.0. The van der Waals surface area contributed by atoms with E-state index in [0.717, 1.165) is 69.9 Å². The summed E-state index contributed by atoms with van der Waals surface area (Å²) < 4.78 is 14.6. The Balaban J connectivity index is 1.30. The van der Waals surface area contributed by atoms with Crippen molar-refractivity contribution in [3.05, 3.63) is 47.5 Å². The van der Waals surface area contributed by atoms with Crippen molar-refractivity contribution in [1.82, 2.24) is 20.4 Å². The molecule has 7 rings (SSSR count). The molecule has 292 valence electrons. The minimum Gasteiger partial charge on any atom is -0.410 e. The van der Waals surface area contributed by atoms with E-state index in [1.807, 2.05) is 0 Å². The number of piperazine rings is 2. The monoisotopic (exact) mass is 774 g/mol. The highest BCUT2D eigenvalue weighted by molar-refractivity contribution is 6.74. The Kier molecular flexibility index (Phi) is 10.3. The summed E-state index contributed by atoms with van der Waals surface area (Å²) in [5.41, 5.74) is 5.82. The lowest BCUT2D eigenvalue weighted by molar-refractivity contribution is -0.163. The van der Waals surface area contributed by atoms with Crippen LogP contribution >= 0.6 is 0 Å². The molecular formula is C40H58N6O6Si2. The first-order valence-corrected chi connectivity index (χ1v) is 25.3. The van der Waals surface area contributed by atoms with Gasteiger partial charge in [-0.3, -0.25) is 24.1 Å². The standard InChI is InChI=1S/C40H58N6O6Si2/c1-9-53(10-2,11-3)51-35-22-33-36(47)42-24(7)38(49)45(33)23-41-31-17-15-27(20-29(31)35)26-16-18-32-28(19-26)30-21-34-37(48)43-25(8)39(50)46(34)40(30,44-32)52-54(12-4,13-5)14-6/h15-20,24-25,30,33-35,41,44H,9-14,21-23H2,1-8H3,(H,42,47)(H,43,48)/t24-,25-,30-,33-,34-,35+,40-/m0/s1. The number of fused-ring (bicyclic) bond motifs is 7. The van der Waals surface area contributed by atoms with E-state index in [-0.39, 0.29) is 36.2 Å². The Morgan fingerprint density at radius 1 is 0.704 bits per heavy atom. The van der Waals surface area contributed by atoms with E-state index in [1.165, 1.54) is 0 Å².